The smallest absolute Gasteiger partial charge is 0.173 e. The third kappa shape index (κ3) is 1.67. The van der Waals surface area contributed by atoms with Crippen LogP contribution in [-0.2, 0) is 14.2 Å². The normalized spacial score (nSPS) is 53.3. The van der Waals surface area contributed by atoms with Crippen molar-refractivity contribution in [3.8, 4) is 0 Å². The Bertz CT molecular complexity index is 514. The summed E-state index contributed by atoms with van der Waals surface area (Å²) in [6.45, 7) is 8.59. The predicted molar refractivity (Wildman–Crippen MR) is 79.1 cm³/mol. The van der Waals surface area contributed by atoms with Crippen LogP contribution in [0, 0.1) is 0 Å². The fourth-order valence-corrected chi connectivity index (χ4v) is 8.73. The Balaban J connectivity index is 1.87. The minimum atomic E-state index is -0.553. The van der Waals surface area contributed by atoms with Crippen molar-refractivity contribution in [2.24, 2.45) is 0 Å². The third-order valence-electron chi connectivity index (χ3n) is 4.56. The van der Waals surface area contributed by atoms with E-state index in [0.29, 0.717) is 0 Å². The van der Waals surface area contributed by atoms with Crippen molar-refractivity contribution < 1.29 is 14.2 Å². The molecule has 4 aliphatic rings. The number of rotatable bonds is 1. The largest absolute Gasteiger partial charge is 0.339 e. The van der Waals surface area contributed by atoms with E-state index in [-0.39, 0.29) is 10.7 Å². The van der Waals surface area contributed by atoms with Gasteiger partial charge in [-0.2, -0.15) is 0 Å². The van der Waals surface area contributed by atoms with Crippen LogP contribution >= 0.6 is 7.92 Å². The van der Waals surface area contributed by atoms with E-state index in [1.807, 2.05) is 0 Å². The molecule has 0 radical (unpaired) electrons. The zero-order valence-electron chi connectivity index (χ0n) is 12.5. The summed E-state index contributed by atoms with van der Waals surface area (Å²) in [6.07, 6.45) is 1.59. The Morgan fingerprint density at radius 3 is 1.80 bits per heavy atom. The zero-order chi connectivity index (χ0) is 14.2. The maximum atomic E-state index is 6.42. The van der Waals surface area contributed by atoms with Gasteiger partial charge in [-0.3, -0.25) is 0 Å². The van der Waals surface area contributed by atoms with Crippen LogP contribution in [0.3, 0.4) is 0 Å². The van der Waals surface area contributed by atoms with Crippen LogP contribution in [0.5, 0.6) is 0 Å². The first-order valence-corrected chi connectivity index (χ1v) is 8.56. The van der Waals surface area contributed by atoms with Gasteiger partial charge in [0.25, 0.3) is 0 Å². The topological polar surface area (TPSA) is 27.7 Å². The zero-order valence-corrected chi connectivity index (χ0v) is 13.4. The summed E-state index contributed by atoms with van der Waals surface area (Å²) in [5, 5.41) is 1.01. The van der Waals surface area contributed by atoms with Crippen molar-refractivity contribution >= 4 is 13.2 Å². The van der Waals surface area contributed by atoms with Crippen LogP contribution in [0.25, 0.3) is 0 Å². The summed E-state index contributed by atoms with van der Waals surface area (Å²) in [5.74, 6) is -1.02. The van der Waals surface area contributed by atoms with Gasteiger partial charge in [-0.25, -0.2) is 0 Å². The van der Waals surface area contributed by atoms with Crippen LogP contribution < -0.4 is 5.30 Å². The first-order chi connectivity index (χ1) is 9.26. The van der Waals surface area contributed by atoms with Crippen molar-refractivity contribution in [3.63, 3.8) is 0 Å². The molecule has 5 rings (SSSR count). The average molecular weight is 292 g/mol. The lowest BCUT2D eigenvalue weighted by Gasteiger charge is -2.69. The predicted octanol–water partition coefficient (Wildman–Crippen LogP) is 3.53. The van der Waals surface area contributed by atoms with E-state index in [0.717, 1.165) is 12.8 Å². The SMILES string of the molecule is CC12C[C@]3(C)OC(C)(C[C@@](C)(O1)O3)P2c1ccccc1. The lowest BCUT2D eigenvalue weighted by molar-refractivity contribution is -0.467. The van der Waals surface area contributed by atoms with Gasteiger partial charge < -0.3 is 14.2 Å². The van der Waals surface area contributed by atoms with E-state index in [1.165, 1.54) is 5.30 Å². The highest BCUT2D eigenvalue weighted by Crippen LogP contribution is 2.75. The van der Waals surface area contributed by atoms with Gasteiger partial charge in [0.2, 0.25) is 0 Å². The highest BCUT2D eigenvalue weighted by Gasteiger charge is 2.71. The highest BCUT2D eigenvalue weighted by atomic mass is 31.1. The first-order valence-electron chi connectivity index (χ1n) is 7.22. The monoisotopic (exact) mass is 292 g/mol. The van der Waals surface area contributed by atoms with Crippen LogP contribution in [0.15, 0.2) is 30.3 Å². The molecular formula is C16H21O3P. The number of hydrogen-bond acceptors (Lipinski definition) is 3. The molecule has 3 nitrogen and oxygen atoms in total. The van der Waals surface area contributed by atoms with Crippen LogP contribution in [0.2, 0.25) is 0 Å². The Morgan fingerprint density at radius 2 is 1.30 bits per heavy atom. The maximum absolute atomic E-state index is 6.42. The van der Waals surface area contributed by atoms with Gasteiger partial charge in [-0.05, 0) is 40.9 Å². The number of hydrogen-bond donors (Lipinski definition) is 0. The van der Waals surface area contributed by atoms with Gasteiger partial charge in [-0.15, -0.1) is 0 Å². The molecular weight excluding hydrogens is 271 g/mol. The molecule has 0 aromatic heterocycles. The molecule has 5 atom stereocenters. The molecule has 20 heavy (non-hydrogen) atoms. The molecule has 4 heterocycles. The van der Waals surface area contributed by atoms with E-state index in [1.54, 1.807) is 0 Å². The van der Waals surface area contributed by atoms with Gasteiger partial charge in [0, 0.05) is 12.8 Å². The summed E-state index contributed by atoms with van der Waals surface area (Å²) in [6, 6.07) is 10.7. The summed E-state index contributed by atoms with van der Waals surface area (Å²) in [5.41, 5.74) is 0. The Hall–Kier alpha value is -0.470. The van der Waals surface area contributed by atoms with Crippen molar-refractivity contribution in [1.29, 1.82) is 0 Å². The van der Waals surface area contributed by atoms with Crippen molar-refractivity contribution in [3.05, 3.63) is 30.3 Å². The van der Waals surface area contributed by atoms with Crippen LogP contribution in [0.1, 0.15) is 40.5 Å². The minimum Gasteiger partial charge on any atom is -0.339 e. The Labute approximate surface area is 121 Å². The fraction of sp³-hybridized carbons (Fsp3) is 0.625. The minimum absolute atomic E-state index is 0.177. The maximum Gasteiger partial charge on any atom is 0.173 e. The van der Waals surface area contributed by atoms with Crippen LogP contribution in [0.4, 0.5) is 0 Å². The molecule has 4 saturated heterocycles. The molecule has 4 aliphatic heterocycles. The molecule has 0 aliphatic carbocycles. The van der Waals surface area contributed by atoms with E-state index < -0.39 is 19.5 Å². The highest BCUT2D eigenvalue weighted by molar-refractivity contribution is 7.68. The van der Waals surface area contributed by atoms with Crippen molar-refractivity contribution in [1.82, 2.24) is 0 Å². The first kappa shape index (κ1) is 13.2. The van der Waals surface area contributed by atoms with Gasteiger partial charge >= 0.3 is 0 Å². The number of benzene rings is 1. The molecule has 1 aromatic rings. The molecule has 0 spiro atoms. The molecule has 4 fully saturated rings. The third-order valence-corrected chi connectivity index (χ3v) is 7.77. The quantitative estimate of drug-likeness (QED) is 0.741. The molecule has 0 saturated carbocycles. The van der Waals surface area contributed by atoms with E-state index >= 15 is 0 Å². The van der Waals surface area contributed by atoms with Gasteiger partial charge in [0.15, 0.2) is 11.6 Å². The Kier molecular flexibility index (Phi) is 2.41. The van der Waals surface area contributed by atoms with E-state index in [9.17, 15) is 0 Å². The van der Waals surface area contributed by atoms with Gasteiger partial charge in [0.1, 0.15) is 0 Å². The molecule has 4 heteroatoms. The van der Waals surface area contributed by atoms with Crippen LogP contribution in [-0.4, -0.2) is 22.3 Å². The molecule has 108 valence electrons. The van der Waals surface area contributed by atoms with Crippen molar-refractivity contribution in [2.75, 3.05) is 0 Å². The molecule has 3 unspecified atom stereocenters. The van der Waals surface area contributed by atoms with Gasteiger partial charge in [0.05, 0.1) is 10.7 Å². The summed E-state index contributed by atoms with van der Waals surface area (Å²) in [7, 11) is -0.553. The fourth-order valence-electron chi connectivity index (χ4n) is 4.71. The molecule has 0 N–H and O–H groups in total. The second-order valence-corrected chi connectivity index (χ2v) is 10.0. The molecule has 0 amide bonds. The Morgan fingerprint density at radius 1 is 0.800 bits per heavy atom. The van der Waals surface area contributed by atoms with Crippen molar-refractivity contribution in [2.45, 2.75) is 62.8 Å². The molecule has 4 bridgehead atoms. The van der Waals surface area contributed by atoms with E-state index in [2.05, 4.69) is 58.0 Å². The molecule has 1 aromatic carbocycles. The number of ether oxygens (including phenoxy) is 3. The summed E-state index contributed by atoms with van der Waals surface area (Å²) >= 11 is 0. The lowest BCUT2D eigenvalue weighted by Crippen LogP contribution is -2.72. The van der Waals surface area contributed by atoms with E-state index in [4.69, 9.17) is 14.2 Å². The average Bonchev–Trinajstić information content (AvgIpc) is 2.22. The second kappa shape index (κ2) is 3.64. The van der Waals surface area contributed by atoms with Gasteiger partial charge in [-0.1, -0.05) is 30.3 Å². The lowest BCUT2D eigenvalue weighted by atomic mass is 9.98. The second-order valence-electron chi connectivity index (χ2n) is 6.95. The summed E-state index contributed by atoms with van der Waals surface area (Å²) in [4.78, 5) is 0. The summed E-state index contributed by atoms with van der Waals surface area (Å²) < 4.78 is 18.9. The standard InChI is InChI=1S/C16H21O3P/c1-13-10-15(3)19-14(2,17-13)11-16(4,18-13)20(15)12-8-6-5-7-9-12/h5-9H,10-11H2,1-4H3/t13-,14+,15?,16?,20?.